The number of ether oxygens (including phenoxy) is 3. The molecule has 9 heteroatoms. The van der Waals surface area contributed by atoms with Gasteiger partial charge >= 0.3 is 0 Å². The lowest BCUT2D eigenvalue weighted by molar-refractivity contribution is -0.384. The number of rotatable bonds is 11. The number of nitro groups is 1. The van der Waals surface area contributed by atoms with Crippen LogP contribution in [0.2, 0.25) is 0 Å². The van der Waals surface area contributed by atoms with E-state index in [2.05, 4.69) is 10.6 Å². The summed E-state index contributed by atoms with van der Waals surface area (Å²) in [4.78, 5) is 22.3. The van der Waals surface area contributed by atoms with Crippen LogP contribution in [0.4, 0.5) is 11.4 Å². The highest BCUT2D eigenvalue weighted by Crippen LogP contribution is 2.38. The summed E-state index contributed by atoms with van der Waals surface area (Å²) in [6.07, 6.45) is 0.975. The van der Waals surface area contributed by atoms with Gasteiger partial charge in [-0.15, -0.1) is 0 Å². The molecule has 0 fully saturated rings. The molecule has 0 atom stereocenters. The second kappa shape index (κ2) is 10.7. The summed E-state index contributed by atoms with van der Waals surface area (Å²) in [5.41, 5.74) is 1.65. The number of nitrogens with zero attached hydrogens (tertiary/aromatic N) is 1. The van der Waals surface area contributed by atoms with E-state index < -0.39 is 4.92 Å². The van der Waals surface area contributed by atoms with E-state index >= 15 is 0 Å². The fourth-order valence-electron chi connectivity index (χ4n) is 2.71. The zero-order chi connectivity index (χ0) is 21.2. The van der Waals surface area contributed by atoms with Gasteiger partial charge < -0.3 is 24.8 Å². The summed E-state index contributed by atoms with van der Waals surface area (Å²) in [5.74, 6) is 1.48. The van der Waals surface area contributed by atoms with Gasteiger partial charge in [-0.05, 0) is 36.2 Å². The van der Waals surface area contributed by atoms with Crippen LogP contribution in [-0.2, 0) is 11.3 Å². The normalized spacial score (nSPS) is 10.2. The van der Waals surface area contributed by atoms with Gasteiger partial charge in [0.1, 0.15) is 0 Å². The molecule has 156 valence electrons. The molecule has 2 aromatic carbocycles. The summed E-state index contributed by atoms with van der Waals surface area (Å²) in [7, 11) is 4.61. The molecule has 29 heavy (non-hydrogen) atoms. The zero-order valence-electron chi connectivity index (χ0n) is 16.7. The second-order valence-electron chi connectivity index (χ2n) is 6.14. The van der Waals surface area contributed by atoms with Crippen LogP contribution in [0.5, 0.6) is 17.2 Å². The van der Waals surface area contributed by atoms with Crippen LogP contribution in [0.3, 0.4) is 0 Å². The number of non-ortho nitro benzene ring substituents is 1. The summed E-state index contributed by atoms with van der Waals surface area (Å²) in [5, 5.41) is 16.6. The molecular formula is C20H25N3O6. The third kappa shape index (κ3) is 6.27. The van der Waals surface area contributed by atoms with Gasteiger partial charge in [0.25, 0.3) is 5.69 Å². The van der Waals surface area contributed by atoms with Crippen molar-refractivity contribution in [2.45, 2.75) is 19.4 Å². The van der Waals surface area contributed by atoms with Gasteiger partial charge in [0, 0.05) is 37.3 Å². The largest absolute Gasteiger partial charge is 0.493 e. The van der Waals surface area contributed by atoms with Gasteiger partial charge in [0.05, 0.1) is 26.3 Å². The van der Waals surface area contributed by atoms with Crippen LogP contribution in [0, 0.1) is 10.1 Å². The Morgan fingerprint density at radius 1 is 1.03 bits per heavy atom. The monoisotopic (exact) mass is 403 g/mol. The fourth-order valence-corrected chi connectivity index (χ4v) is 2.71. The van der Waals surface area contributed by atoms with Gasteiger partial charge in [-0.3, -0.25) is 14.9 Å². The van der Waals surface area contributed by atoms with E-state index in [4.69, 9.17) is 14.2 Å². The number of amides is 1. The molecule has 0 saturated carbocycles. The van der Waals surface area contributed by atoms with Crippen LogP contribution < -0.4 is 24.8 Å². The first-order valence-corrected chi connectivity index (χ1v) is 9.02. The quantitative estimate of drug-likeness (QED) is 0.337. The average molecular weight is 403 g/mol. The third-order valence-electron chi connectivity index (χ3n) is 4.20. The summed E-state index contributed by atoms with van der Waals surface area (Å²) < 4.78 is 15.9. The van der Waals surface area contributed by atoms with E-state index in [1.165, 1.54) is 33.5 Å². The van der Waals surface area contributed by atoms with E-state index in [-0.39, 0.29) is 11.6 Å². The Morgan fingerprint density at radius 3 is 2.17 bits per heavy atom. The average Bonchev–Trinajstić information content (AvgIpc) is 2.74. The Kier molecular flexibility index (Phi) is 8.08. The van der Waals surface area contributed by atoms with Crippen molar-refractivity contribution in [1.29, 1.82) is 0 Å². The fraction of sp³-hybridized carbons (Fsp3) is 0.350. The highest BCUT2D eigenvalue weighted by Gasteiger charge is 2.13. The summed E-state index contributed by atoms with van der Waals surface area (Å²) in [6, 6.07) is 9.74. The van der Waals surface area contributed by atoms with E-state index in [9.17, 15) is 14.9 Å². The van der Waals surface area contributed by atoms with Crippen LogP contribution in [-0.4, -0.2) is 38.7 Å². The SMILES string of the molecule is COc1cc(CNC(=O)CCCNc2ccc([N+](=O)[O-])cc2)cc(OC)c1OC. The zero-order valence-corrected chi connectivity index (χ0v) is 16.7. The maximum Gasteiger partial charge on any atom is 0.269 e. The molecule has 0 saturated heterocycles. The first kappa shape index (κ1) is 21.8. The third-order valence-corrected chi connectivity index (χ3v) is 4.20. The van der Waals surface area contributed by atoms with Crippen LogP contribution >= 0.6 is 0 Å². The molecular weight excluding hydrogens is 378 g/mol. The lowest BCUT2D eigenvalue weighted by atomic mass is 10.1. The molecule has 0 bridgehead atoms. The molecule has 1 amide bonds. The summed E-state index contributed by atoms with van der Waals surface area (Å²) in [6.45, 7) is 0.917. The maximum atomic E-state index is 12.1. The highest BCUT2D eigenvalue weighted by atomic mass is 16.6. The topological polar surface area (TPSA) is 112 Å². The van der Waals surface area contributed by atoms with Crippen molar-refractivity contribution in [1.82, 2.24) is 5.32 Å². The molecule has 9 nitrogen and oxygen atoms in total. The molecule has 2 N–H and O–H groups in total. The molecule has 0 aliphatic rings. The molecule has 0 aromatic heterocycles. The van der Waals surface area contributed by atoms with E-state index in [1.807, 2.05) is 0 Å². The van der Waals surface area contributed by atoms with E-state index in [0.717, 1.165) is 11.3 Å². The van der Waals surface area contributed by atoms with Gasteiger partial charge in [0.15, 0.2) is 11.5 Å². The molecule has 0 spiro atoms. The number of anilines is 1. The van der Waals surface area contributed by atoms with Crippen molar-refractivity contribution in [2.24, 2.45) is 0 Å². The van der Waals surface area contributed by atoms with Crippen molar-refractivity contribution in [3.8, 4) is 17.2 Å². The minimum absolute atomic E-state index is 0.0433. The number of nitrogens with one attached hydrogen (secondary N) is 2. The number of hydrogen-bond donors (Lipinski definition) is 2. The number of carbonyl (C=O) groups is 1. The Morgan fingerprint density at radius 2 is 1.66 bits per heavy atom. The van der Waals surface area contributed by atoms with Crippen LogP contribution in [0.25, 0.3) is 0 Å². The van der Waals surface area contributed by atoms with Gasteiger partial charge in [-0.1, -0.05) is 0 Å². The van der Waals surface area contributed by atoms with Gasteiger partial charge in [-0.2, -0.15) is 0 Å². The smallest absolute Gasteiger partial charge is 0.269 e. The number of carbonyl (C=O) groups excluding carboxylic acids is 1. The molecule has 2 rings (SSSR count). The Labute approximate surface area is 169 Å². The highest BCUT2D eigenvalue weighted by molar-refractivity contribution is 5.76. The molecule has 0 radical (unpaired) electrons. The maximum absolute atomic E-state index is 12.1. The molecule has 0 heterocycles. The lowest BCUT2D eigenvalue weighted by Crippen LogP contribution is -2.23. The Bertz CT molecular complexity index is 814. The van der Waals surface area contributed by atoms with Crippen molar-refractivity contribution in [3.63, 3.8) is 0 Å². The second-order valence-corrected chi connectivity index (χ2v) is 6.14. The predicted octanol–water partition coefficient (Wildman–Crippen LogP) is 3.13. The minimum atomic E-state index is -0.442. The van der Waals surface area contributed by atoms with E-state index in [0.29, 0.717) is 43.2 Å². The minimum Gasteiger partial charge on any atom is -0.493 e. The van der Waals surface area contributed by atoms with Crippen LogP contribution in [0.1, 0.15) is 18.4 Å². The van der Waals surface area contributed by atoms with Crippen LogP contribution in [0.15, 0.2) is 36.4 Å². The number of benzene rings is 2. The van der Waals surface area contributed by atoms with Gasteiger partial charge in [0.2, 0.25) is 11.7 Å². The Hall–Kier alpha value is -3.49. The molecule has 0 unspecified atom stereocenters. The number of hydrogen-bond acceptors (Lipinski definition) is 7. The first-order valence-electron chi connectivity index (χ1n) is 9.02. The first-order chi connectivity index (χ1) is 14.0. The van der Waals surface area contributed by atoms with Crippen molar-refractivity contribution >= 4 is 17.3 Å². The van der Waals surface area contributed by atoms with Crippen molar-refractivity contribution in [2.75, 3.05) is 33.2 Å². The summed E-state index contributed by atoms with van der Waals surface area (Å²) >= 11 is 0. The lowest BCUT2D eigenvalue weighted by Gasteiger charge is -2.14. The standard InChI is InChI=1S/C20H25N3O6/c1-27-17-11-14(12-18(28-2)20(17)29-3)13-22-19(24)5-4-10-21-15-6-8-16(9-7-15)23(25)26/h6-9,11-12,21H,4-5,10,13H2,1-3H3,(H,22,24). The number of methoxy groups -OCH3 is 3. The Balaban J connectivity index is 1.77. The molecule has 0 aliphatic carbocycles. The number of nitro benzene ring substituents is 1. The molecule has 0 aliphatic heterocycles. The van der Waals surface area contributed by atoms with E-state index in [1.54, 1.807) is 24.3 Å². The van der Waals surface area contributed by atoms with Crippen molar-refractivity contribution in [3.05, 3.63) is 52.1 Å². The van der Waals surface area contributed by atoms with Gasteiger partial charge in [-0.25, -0.2) is 0 Å². The van der Waals surface area contributed by atoms with Crippen molar-refractivity contribution < 1.29 is 23.9 Å². The molecule has 2 aromatic rings. The predicted molar refractivity (Wildman–Crippen MR) is 109 cm³/mol.